The number of rotatable bonds is 5. The van der Waals surface area contributed by atoms with Gasteiger partial charge in [-0.05, 0) is 25.1 Å². The van der Waals surface area contributed by atoms with Gasteiger partial charge in [0.1, 0.15) is 16.6 Å². The van der Waals surface area contributed by atoms with Gasteiger partial charge in [-0.25, -0.2) is 4.98 Å². The molecule has 0 amide bonds. The molecule has 0 bridgehead atoms. The van der Waals surface area contributed by atoms with E-state index in [1.165, 1.54) is 0 Å². The van der Waals surface area contributed by atoms with E-state index in [4.69, 9.17) is 4.74 Å². The molecule has 0 saturated carbocycles. The van der Waals surface area contributed by atoms with Crippen LogP contribution in [0.3, 0.4) is 0 Å². The summed E-state index contributed by atoms with van der Waals surface area (Å²) in [6, 6.07) is 7.88. The van der Waals surface area contributed by atoms with Crippen molar-refractivity contribution in [2.75, 3.05) is 19.0 Å². The summed E-state index contributed by atoms with van der Waals surface area (Å²) in [5.41, 5.74) is 0. The lowest BCUT2D eigenvalue weighted by Gasteiger charge is -2.05. The van der Waals surface area contributed by atoms with Crippen LogP contribution in [0.2, 0.25) is 0 Å². The van der Waals surface area contributed by atoms with E-state index in [2.05, 4.69) is 15.3 Å². The van der Waals surface area contributed by atoms with Gasteiger partial charge in [-0.15, -0.1) is 0 Å². The zero-order chi connectivity index (χ0) is 12.8. The topological polar surface area (TPSA) is 47.0 Å². The third-order valence-electron chi connectivity index (χ3n) is 2.23. The van der Waals surface area contributed by atoms with Gasteiger partial charge in [-0.1, -0.05) is 17.8 Å². The van der Waals surface area contributed by atoms with E-state index in [0.717, 1.165) is 28.0 Å². The molecule has 2 aromatic rings. The number of hydrogen-bond acceptors (Lipinski definition) is 5. The van der Waals surface area contributed by atoms with Crippen LogP contribution < -0.4 is 10.1 Å². The predicted molar refractivity (Wildman–Crippen MR) is 73.3 cm³/mol. The first-order valence-electron chi connectivity index (χ1n) is 5.69. The maximum absolute atomic E-state index is 5.19. The standard InChI is InChI=1S/C13H15N3OS/c1-3-15-12-8-14-9-13(16-12)18-11-6-4-5-10(7-11)17-2/h4-9H,3H2,1-2H3,(H,15,16). The van der Waals surface area contributed by atoms with Crippen molar-refractivity contribution in [3.8, 4) is 5.75 Å². The molecular weight excluding hydrogens is 246 g/mol. The highest BCUT2D eigenvalue weighted by Crippen LogP contribution is 2.28. The van der Waals surface area contributed by atoms with Crippen LogP contribution in [0.15, 0.2) is 46.6 Å². The molecule has 5 heteroatoms. The maximum Gasteiger partial charge on any atom is 0.145 e. The van der Waals surface area contributed by atoms with Crippen LogP contribution in [-0.4, -0.2) is 23.6 Å². The van der Waals surface area contributed by atoms with Gasteiger partial charge in [-0.2, -0.15) is 0 Å². The second kappa shape index (κ2) is 6.26. The number of anilines is 1. The molecule has 0 aliphatic heterocycles. The van der Waals surface area contributed by atoms with E-state index >= 15 is 0 Å². The zero-order valence-corrected chi connectivity index (χ0v) is 11.2. The van der Waals surface area contributed by atoms with Gasteiger partial charge in [0.25, 0.3) is 0 Å². The summed E-state index contributed by atoms with van der Waals surface area (Å²) in [5.74, 6) is 1.64. The summed E-state index contributed by atoms with van der Waals surface area (Å²) < 4.78 is 5.19. The summed E-state index contributed by atoms with van der Waals surface area (Å²) in [6.07, 6.45) is 3.48. The van der Waals surface area contributed by atoms with Gasteiger partial charge in [-0.3, -0.25) is 4.98 Å². The maximum atomic E-state index is 5.19. The Morgan fingerprint density at radius 3 is 3.00 bits per heavy atom. The van der Waals surface area contributed by atoms with Crippen LogP contribution in [0.1, 0.15) is 6.92 Å². The van der Waals surface area contributed by atoms with Crippen molar-refractivity contribution < 1.29 is 4.74 Å². The summed E-state index contributed by atoms with van der Waals surface area (Å²) in [7, 11) is 1.66. The van der Waals surface area contributed by atoms with Gasteiger partial charge in [0.05, 0.1) is 19.5 Å². The summed E-state index contributed by atoms with van der Waals surface area (Å²) >= 11 is 1.56. The number of benzene rings is 1. The van der Waals surface area contributed by atoms with Crippen LogP contribution in [0.25, 0.3) is 0 Å². The SMILES string of the molecule is CCNc1cncc(Sc2cccc(OC)c2)n1. The molecular formula is C13H15N3OS. The fourth-order valence-electron chi connectivity index (χ4n) is 1.45. The Labute approximate surface area is 111 Å². The molecule has 0 aliphatic carbocycles. The number of ether oxygens (including phenoxy) is 1. The quantitative estimate of drug-likeness (QED) is 0.896. The molecule has 18 heavy (non-hydrogen) atoms. The highest BCUT2D eigenvalue weighted by atomic mass is 32.2. The van der Waals surface area contributed by atoms with Gasteiger partial charge >= 0.3 is 0 Å². The van der Waals surface area contributed by atoms with Crippen molar-refractivity contribution in [2.45, 2.75) is 16.8 Å². The monoisotopic (exact) mass is 261 g/mol. The lowest BCUT2D eigenvalue weighted by Crippen LogP contribution is -2.00. The molecule has 2 rings (SSSR count). The van der Waals surface area contributed by atoms with Crippen molar-refractivity contribution in [3.63, 3.8) is 0 Å². The zero-order valence-electron chi connectivity index (χ0n) is 10.4. The van der Waals surface area contributed by atoms with Crippen LogP contribution >= 0.6 is 11.8 Å². The van der Waals surface area contributed by atoms with Gasteiger partial charge < -0.3 is 10.1 Å². The molecule has 0 aliphatic rings. The third kappa shape index (κ3) is 3.37. The smallest absolute Gasteiger partial charge is 0.145 e. The Kier molecular flexibility index (Phi) is 4.41. The Bertz CT molecular complexity index is 519. The van der Waals surface area contributed by atoms with Crippen molar-refractivity contribution >= 4 is 17.6 Å². The molecule has 0 radical (unpaired) electrons. The molecule has 0 saturated heterocycles. The Morgan fingerprint density at radius 2 is 2.22 bits per heavy atom. The lowest BCUT2D eigenvalue weighted by molar-refractivity contribution is 0.413. The summed E-state index contributed by atoms with van der Waals surface area (Å²) in [5, 5.41) is 4.01. The van der Waals surface area contributed by atoms with Crippen molar-refractivity contribution in [2.24, 2.45) is 0 Å². The van der Waals surface area contributed by atoms with Gasteiger partial charge in [0.15, 0.2) is 0 Å². The van der Waals surface area contributed by atoms with Gasteiger partial charge in [0.2, 0.25) is 0 Å². The number of aromatic nitrogens is 2. The molecule has 1 aromatic carbocycles. The first kappa shape index (κ1) is 12.7. The minimum atomic E-state index is 0.797. The van der Waals surface area contributed by atoms with E-state index in [0.29, 0.717) is 0 Å². The molecule has 1 N–H and O–H groups in total. The van der Waals surface area contributed by atoms with Crippen LogP contribution in [0.5, 0.6) is 5.75 Å². The average Bonchev–Trinajstić information content (AvgIpc) is 2.40. The van der Waals surface area contributed by atoms with Crippen molar-refractivity contribution in [1.82, 2.24) is 9.97 Å². The average molecular weight is 261 g/mol. The highest BCUT2D eigenvalue weighted by Gasteiger charge is 2.02. The number of methoxy groups -OCH3 is 1. The molecule has 0 spiro atoms. The molecule has 4 nitrogen and oxygen atoms in total. The fourth-order valence-corrected chi connectivity index (χ4v) is 2.27. The van der Waals surface area contributed by atoms with E-state index < -0.39 is 0 Å². The number of nitrogens with zero attached hydrogens (tertiary/aromatic N) is 2. The molecule has 1 heterocycles. The Morgan fingerprint density at radius 1 is 1.33 bits per heavy atom. The van der Waals surface area contributed by atoms with E-state index in [1.54, 1.807) is 31.3 Å². The normalized spacial score (nSPS) is 10.1. The summed E-state index contributed by atoms with van der Waals surface area (Å²) in [6.45, 7) is 2.87. The predicted octanol–water partition coefficient (Wildman–Crippen LogP) is 3.07. The second-order valence-corrected chi connectivity index (χ2v) is 4.65. The van der Waals surface area contributed by atoms with Crippen molar-refractivity contribution in [1.29, 1.82) is 0 Å². The van der Waals surface area contributed by atoms with E-state index in [9.17, 15) is 0 Å². The van der Waals surface area contributed by atoms with E-state index in [-0.39, 0.29) is 0 Å². The van der Waals surface area contributed by atoms with Crippen molar-refractivity contribution in [3.05, 3.63) is 36.7 Å². The second-order valence-electron chi connectivity index (χ2n) is 3.55. The fraction of sp³-hybridized carbons (Fsp3) is 0.231. The van der Waals surface area contributed by atoms with E-state index in [1.807, 2.05) is 31.2 Å². The Balaban J connectivity index is 2.14. The van der Waals surface area contributed by atoms with Gasteiger partial charge in [0, 0.05) is 11.4 Å². The molecule has 0 unspecified atom stereocenters. The molecule has 0 fully saturated rings. The first-order valence-corrected chi connectivity index (χ1v) is 6.51. The Hall–Kier alpha value is -1.75. The number of nitrogens with one attached hydrogen (secondary N) is 1. The first-order chi connectivity index (χ1) is 8.81. The van der Waals surface area contributed by atoms with Crippen LogP contribution in [0, 0.1) is 0 Å². The minimum Gasteiger partial charge on any atom is -0.497 e. The highest BCUT2D eigenvalue weighted by molar-refractivity contribution is 7.99. The minimum absolute atomic E-state index is 0.797. The van der Waals surface area contributed by atoms with Crippen LogP contribution in [0.4, 0.5) is 5.82 Å². The molecule has 0 atom stereocenters. The summed E-state index contributed by atoms with van der Waals surface area (Å²) in [4.78, 5) is 9.71. The molecule has 1 aromatic heterocycles. The van der Waals surface area contributed by atoms with Crippen LogP contribution in [-0.2, 0) is 0 Å². The number of hydrogen-bond donors (Lipinski definition) is 1. The lowest BCUT2D eigenvalue weighted by atomic mass is 10.3. The third-order valence-corrected chi connectivity index (χ3v) is 3.13. The largest absolute Gasteiger partial charge is 0.497 e. The molecule has 94 valence electrons.